The van der Waals surface area contributed by atoms with Gasteiger partial charge in [0, 0.05) is 17.8 Å². The Hall–Kier alpha value is -1.59. The first-order valence-corrected chi connectivity index (χ1v) is 7.17. The third-order valence-corrected chi connectivity index (χ3v) is 4.10. The molecule has 3 N–H and O–H groups in total. The van der Waals surface area contributed by atoms with E-state index in [1.54, 1.807) is 6.07 Å². The number of aliphatic hydroxyl groups is 1. The summed E-state index contributed by atoms with van der Waals surface area (Å²) in [7, 11) is 2.02. The number of oxazole rings is 1. The summed E-state index contributed by atoms with van der Waals surface area (Å²) in [5.74, 6) is 0.672. The molecule has 1 aromatic carbocycles. The fourth-order valence-corrected chi connectivity index (χ4v) is 2.99. The predicted molar refractivity (Wildman–Crippen MR) is 78.2 cm³/mol. The number of nitrogens with two attached hydrogens (primary N) is 1. The third kappa shape index (κ3) is 2.64. The minimum absolute atomic E-state index is 0.198. The number of aliphatic hydroxyl groups excluding tert-OH is 1. The number of benzene rings is 1. The van der Waals surface area contributed by atoms with Gasteiger partial charge in [0.25, 0.3) is 0 Å². The number of anilines is 1. The minimum Gasteiger partial charge on any atom is -0.439 e. The molecule has 0 bridgehead atoms. The van der Waals surface area contributed by atoms with E-state index in [-0.39, 0.29) is 12.1 Å². The summed E-state index contributed by atoms with van der Waals surface area (Å²) in [6.45, 7) is 0.607. The van der Waals surface area contributed by atoms with Crippen molar-refractivity contribution in [1.29, 1.82) is 0 Å². The normalized spacial score (nSPS) is 23.6. The molecule has 2 unspecified atom stereocenters. The van der Waals surface area contributed by atoms with E-state index in [0.717, 1.165) is 30.4 Å². The maximum absolute atomic E-state index is 10.1. The van der Waals surface area contributed by atoms with E-state index in [0.29, 0.717) is 18.1 Å². The van der Waals surface area contributed by atoms with Crippen molar-refractivity contribution in [2.45, 2.75) is 44.4 Å². The highest BCUT2D eigenvalue weighted by Crippen LogP contribution is 2.24. The molecule has 20 heavy (non-hydrogen) atoms. The van der Waals surface area contributed by atoms with Gasteiger partial charge in [-0.05, 0) is 32.0 Å². The van der Waals surface area contributed by atoms with E-state index in [1.807, 2.05) is 19.2 Å². The van der Waals surface area contributed by atoms with Gasteiger partial charge in [-0.2, -0.15) is 0 Å². The van der Waals surface area contributed by atoms with Crippen molar-refractivity contribution < 1.29 is 9.52 Å². The number of likely N-dealkylation sites (N-methyl/N-ethyl adjacent to an activating group) is 1. The average molecular weight is 275 g/mol. The summed E-state index contributed by atoms with van der Waals surface area (Å²) in [5, 5.41) is 10.1. The van der Waals surface area contributed by atoms with Crippen LogP contribution in [0, 0.1) is 0 Å². The number of hydrogen-bond donors (Lipinski definition) is 2. The van der Waals surface area contributed by atoms with Crippen LogP contribution in [0.1, 0.15) is 31.6 Å². The fraction of sp³-hybridized carbons (Fsp3) is 0.533. The largest absolute Gasteiger partial charge is 0.439 e. The number of fused-ring (bicyclic) bond motifs is 1. The third-order valence-electron chi connectivity index (χ3n) is 4.10. The molecule has 1 aliphatic rings. The molecule has 0 spiro atoms. The number of aromatic nitrogens is 1. The van der Waals surface area contributed by atoms with E-state index in [9.17, 15) is 5.11 Å². The zero-order valence-corrected chi connectivity index (χ0v) is 11.7. The van der Waals surface area contributed by atoms with Crippen LogP contribution in [0.25, 0.3) is 11.1 Å². The van der Waals surface area contributed by atoms with Crippen molar-refractivity contribution in [3.05, 3.63) is 24.1 Å². The molecule has 0 saturated heterocycles. The Kier molecular flexibility index (Phi) is 3.63. The van der Waals surface area contributed by atoms with Crippen LogP contribution in [0.2, 0.25) is 0 Å². The number of nitrogen functional groups attached to an aromatic ring is 1. The molecule has 108 valence electrons. The van der Waals surface area contributed by atoms with Gasteiger partial charge in [-0.3, -0.25) is 4.90 Å². The summed E-state index contributed by atoms with van der Waals surface area (Å²) in [6, 6.07) is 5.68. The summed E-state index contributed by atoms with van der Waals surface area (Å²) in [6.07, 6.45) is 3.97. The highest BCUT2D eigenvalue weighted by Gasteiger charge is 2.27. The Balaban J connectivity index is 1.75. The van der Waals surface area contributed by atoms with Crippen LogP contribution >= 0.6 is 0 Å². The molecule has 0 aliphatic heterocycles. The maximum Gasteiger partial charge on any atom is 0.209 e. The lowest BCUT2D eigenvalue weighted by atomic mass is 9.91. The Morgan fingerprint density at radius 1 is 1.40 bits per heavy atom. The molecule has 1 fully saturated rings. The summed E-state index contributed by atoms with van der Waals surface area (Å²) < 4.78 is 5.73. The molecule has 1 saturated carbocycles. The van der Waals surface area contributed by atoms with Gasteiger partial charge in [-0.15, -0.1) is 0 Å². The molecule has 2 atom stereocenters. The lowest BCUT2D eigenvalue weighted by Crippen LogP contribution is -2.42. The molecule has 3 rings (SSSR count). The quantitative estimate of drug-likeness (QED) is 0.839. The van der Waals surface area contributed by atoms with Gasteiger partial charge in [-0.25, -0.2) is 4.98 Å². The zero-order chi connectivity index (χ0) is 14.1. The number of hydrogen-bond acceptors (Lipinski definition) is 5. The first kappa shape index (κ1) is 13.4. The van der Waals surface area contributed by atoms with Crippen molar-refractivity contribution in [3.63, 3.8) is 0 Å². The fourth-order valence-electron chi connectivity index (χ4n) is 2.99. The van der Waals surface area contributed by atoms with Crippen LogP contribution in [-0.2, 0) is 6.54 Å². The first-order valence-electron chi connectivity index (χ1n) is 7.17. The van der Waals surface area contributed by atoms with Crippen molar-refractivity contribution in [2.24, 2.45) is 0 Å². The Bertz CT molecular complexity index is 596. The lowest BCUT2D eigenvalue weighted by molar-refractivity contribution is 0.0258. The summed E-state index contributed by atoms with van der Waals surface area (Å²) in [5.41, 5.74) is 7.96. The number of nitrogens with zero attached hydrogens (tertiary/aromatic N) is 2. The van der Waals surface area contributed by atoms with Gasteiger partial charge >= 0.3 is 0 Å². The minimum atomic E-state index is -0.242. The molecular weight excluding hydrogens is 254 g/mol. The monoisotopic (exact) mass is 275 g/mol. The van der Waals surface area contributed by atoms with E-state index in [2.05, 4.69) is 9.88 Å². The molecule has 2 aromatic rings. The van der Waals surface area contributed by atoms with E-state index in [1.165, 1.54) is 6.42 Å². The molecule has 5 nitrogen and oxygen atoms in total. The van der Waals surface area contributed by atoms with Gasteiger partial charge < -0.3 is 15.3 Å². The molecule has 5 heteroatoms. The maximum atomic E-state index is 10.1. The van der Waals surface area contributed by atoms with Crippen LogP contribution in [0.4, 0.5) is 5.69 Å². The van der Waals surface area contributed by atoms with Gasteiger partial charge in [0.05, 0.1) is 12.6 Å². The number of rotatable bonds is 3. The topological polar surface area (TPSA) is 75.5 Å². The van der Waals surface area contributed by atoms with Crippen LogP contribution in [0.5, 0.6) is 0 Å². The standard InChI is InChI=1S/C15H21N3O2/c1-18(12-4-2-3-5-13(12)19)9-15-17-11-7-6-10(16)8-14(11)20-15/h6-8,12-13,19H,2-5,9,16H2,1H3. The second-order valence-electron chi connectivity index (χ2n) is 5.67. The van der Waals surface area contributed by atoms with E-state index in [4.69, 9.17) is 10.2 Å². The van der Waals surface area contributed by atoms with Gasteiger partial charge in [0.2, 0.25) is 5.89 Å². The smallest absolute Gasteiger partial charge is 0.209 e. The van der Waals surface area contributed by atoms with Crippen molar-refractivity contribution in [2.75, 3.05) is 12.8 Å². The van der Waals surface area contributed by atoms with Crippen molar-refractivity contribution in [3.8, 4) is 0 Å². The molecule has 1 heterocycles. The highest BCUT2D eigenvalue weighted by molar-refractivity contribution is 5.76. The van der Waals surface area contributed by atoms with Crippen molar-refractivity contribution >= 4 is 16.8 Å². The van der Waals surface area contributed by atoms with E-state index < -0.39 is 0 Å². The molecule has 1 aromatic heterocycles. The predicted octanol–water partition coefficient (Wildman–Crippen LogP) is 2.15. The van der Waals surface area contributed by atoms with Crippen LogP contribution in [0.3, 0.4) is 0 Å². The molecular formula is C15H21N3O2. The molecule has 0 amide bonds. The highest BCUT2D eigenvalue weighted by atomic mass is 16.3. The Labute approximate surface area is 118 Å². The molecule has 1 aliphatic carbocycles. The first-order chi connectivity index (χ1) is 9.63. The van der Waals surface area contributed by atoms with Crippen LogP contribution < -0.4 is 5.73 Å². The van der Waals surface area contributed by atoms with Crippen LogP contribution in [-0.4, -0.2) is 34.2 Å². The SMILES string of the molecule is CN(Cc1nc2ccc(N)cc2o1)C1CCCCC1O. The summed E-state index contributed by atoms with van der Waals surface area (Å²) in [4.78, 5) is 6.60. The van der Waals surface area contributed by atoms with E-state index >= 15 is 0 Å². The second kappa shape index (κ2) is 5.42. The Morgan fingerprint density at radius 3 is 3.00 bits per heavy atom. The van der Waals surface area contributed by atoms with Gasteiger partial charge in [0.15, 0.2) is 5.58 Å². The van der Waals surface area contributed by atoms with Crippen molar-refractivity contribution in [1.82, 2.24) is 9.88 Å². The second-order valence-corrected chi connectivity index (χ2v) is 5.67. The lowest BCUT2D eigenvalue weighted by Gasteiger charge is -2.34. The van der Waals surface area contributed by atoms with Gasteiger partial charge in [-0.1, -0.05) is 12.8 Å². The van der Waals surface area contributed by atoms with Crippen LogP contribution in [0.15, 0.2) is 22.6 Å². The average Bonchev–Trinajstić information content (AvgIpc) is 2.80. The zero-order valence-electron chi connectivity index (χ0n) is 11.7. The van der Waals surface area contributed by atoms with Gasteiger partial charge in [0.1, 0.15) is 5.52 Å². The summed E-state index contributed by atoms with van der Waals surface area (Å²) >= 11 is 0. The molecule has 0 radical (unpaired) electrons. The Morgan fingerprint density at radius 2 is 2.20 bits per heavy atom.